The summed E-state index contributed by atoms with van der Waals surface area (Å²) in [6, 6.07) is 28.3. The van der Waals surface area contributed by atoms with Crippen LogP contribution in [0.15, 0.2) is 91.0 Å². The molecule has 29 heavy (non-hydrogen) atoms. The molecule has 3 aromatic rings. The van der Waals surface area contributed by atoms with E-state index in [1.54, 1.807) is 12.1 Å². The summed E-state index contributed by atoms with van der Waals surface area (Å²) in [6.07, 6.45) is 0.185. The number of nitrogens with one attached hydrogen (secondary N) is 2. The molecule has 0 aliphatic rings. The fourth-order valence-electron chi connectivity index (χ4n) is 3.19. The van der Waals surface area contributed by atoms with Crippen molar-refractivity contribution >= 4 is 11.8 Å². The lowest BCUT2D eigenvalue weighted by Gasteiger charge is -2.20. The molecule has 148 valence electrons. The van der Waals surface area contributed by atoms with Crippen molar-refractivity contribution in [2.24, 2.45) is 0 Å². The van der Waals surface area contributed by atoms with Gasteiger partial charge >= 0.3 is 0 Å². The van der Waals surface area contributed by atoms with Crippen LogP contribution < -0.4 is 10.6 Å². The lowest BCUT2D eigenvalue weighted by molar-refractivity contribution is -0.121. The first-order valence-electron chi connectivity index (χ1n) is 9.86. The van der Waals surface area contributed by atoms with Crippen molar-refractivity contribution in [1.82, 2.24) is 10.6 Å². The van der Waals surface area contributed by atoms with Gasteiger partial charge in [-0.1, -0.05) is 85.8 Å². The number of rotatable bonds is 8. The molecule has 0 radical (unpaired) electrons. The van der Waals surface area contributed by atoms with Gasteiger partial charge < -0.3 is 10.6 Å². The van der Waals surface area contributed by atoms with Gasteiger partial charge in [0.15, 0.2) is 0 Å². The molecule has 2 amide bonds. The van der Waals surface area contributed by atoms with Crippen LogP contribution in [0, 0.1) is 0 Å². The molecule has 4 nitrogen and oxygen atoms in total. The van der Waals surface area contributed by atoms with Crippen molar-refractivity contribution in [1.29, 1.82) is 0 Å². The third-order valence-electron chi connectivity index (χ3n) is 4.91. The zero-order valence-electron chi connectivity index (χ0n) is 16.5. The third kappa shape index (κ3) is 6.04. The maximum absolute atomic E-state index is 12.6. The summed E-state index contributed by atoms with van der Waals surface area (Å²) in [7, 11) is 0. The minimum Gasteiger partial charge on any atom is -0.355 e. The molecule has 0 spiro atoms. The Morgan fingerprint density at radius 3 is 1.86 bits per heavy atom. The van der Waals surface area contributed by atoms with Crippen molar-refractivity contribution < 1.29 is 9.59 Å². The van der Waals surface area contributed by atoms with Crippen LogP contribution in [0.25, 0.3) is 0 Å². The Morgan fingerprint density at radius 2 is 1.28 bits per heavy atom. The number of hydrogen-bond acceptors (Lipinski definition) is 2. The van der Waals surface area contributed by atoms with Crippen LogP contribution in [-0.4, -0.2) is 18.4 Å². The number of amides is 2. The summed E-state index contributed by atoms with van der Waals surface area (Å²) in [4.78, 5) is 25.2. The Balaban J connectivity index is 1.63. The van der Waals surface area contributed by atoms with E-state index < -0.39 is 6.04 Å². The van der Waals surface area contributed by atoms with Crippen LogP contribution in [-0.2, 0) is 4.79 Å². The van der Waals surface area contributed by atoms with E-state index in [0.717, 1.165) is 5.56 Å². The minimum absolute atomic E-state index is 0.0880. The van der Waals surface area contributed by atoms with Crippen LogP contribution >= 0.6 is 0 Å². The van der Waals surface area contributed by atoms with Gasteiger partial charge in [0, 0.05) is 12.1 Å². The molecule has 0 bridgehead atoms. The lowest BCUT2D eigenvalue weighted by Crippen LogP contribution is -2.35. The largest absolute Gasteiger partial charge is 0.355 e. The van der Waals surface area contributed by atoms with Crippen LogP contribution in [0.5, 0.6) is 0 Å². The normalized spacial score (nSPS) is 12.6. The van der Waals surface area contributed by atoms with Crippen molar-refractivity contribution in [2.45, 2.75) is 25.3 Å². The highest BCUT2D eigenvalue weighted by molar-refractivity contribution is 5.94. The van der Waals surface area contributed by atoms with E-state index in [4.69, 9.17) is 0 Å². The quantitative estimate of drug-likeness (QED) is 0.600. The highest BCUT2D eigenvalue weighted by atomic mass is 16.2. The molecule has 0 heterocycles. The molecule has 0 aliphatic heterocycles. The summed E-state index contributed by atoms with van der Waals surface area (Å²) < 4.78 is 0. The van der Waals surface area contributed by atoms with Crippen LogP contribution in [0.4, 0.5) is 0 Å². The summed E-state index contributed by atoms with van der Waals surface area (Å²) in [5.74, 6) is -0.0610. The molecule has 2 N–H and O–H groups in total. The van der Waals surface area contributed by atoms with E-state index in [2.05, 4.69) is 29.7 Å². The lowest BCUT2D eigenvalue weighted by atomic mass is 10.0. The molecule has 0 aromatic heterocycles. The molecular weight excluding hydrogens is 360 g/mol. The van der Waals surface area contributed by atoms with E-state index in [1.807, 2.05) is 66.7 Å². The molecule has 0 unspecified atom stereocenters. The summed E-state index contributed by atoms with van der Waals surface area (Å²) >= 11 is 0. The summed E-state index contributed by atoms with van der Waals surface area (Å²) in [5.41, 5.74) is 2.67. The van der Waals surface area contributed by atoms with E-state index >= 15 is 0 Å². The van der Waals surface area contributed by atoms with E-state index in [1.165, 1.54) is 5.56 Å². The zero-order chi connectivity index (χ0) is 20.5. The molecule has 3 aromatic carbocycles. The van der Waals surface area contributed by atoms with Gasteiger partial charge in [0.2, 0.25) is 5.91 Å². The zero-order valence-corrected chi connectivity index (χ0v) is 16.5. The van der Waals surface area contributed by atoms with Crippen molar-refractivity contribution in [2.75, 3.05) is 6.54 Å². The Bertz CT molecular complexity index is 911. The Hall–Kier alpha value is -3.40. The molecule has 0 saturated heterocycles. The minimum atomic E-state index is -0.393. The second-order valence-electron chi connectivity index (χ2n) is 7.12. The second kappa shape index (κ2) is 10.2. The highest BCUT2D eigenvalue weighted by Crippen LogP contribution is 2.18. The van der Waals surface area contributed by atoms with Gasteiger partial charge in [-0.3, -0.25) is 9.59 Å². The van der Waals surface area contributed by atoms with Gasteiger partial charge in [-0.25, -0.2) is 0 Å². The highest BCUT2D eigenvalue weighted by Gasteiger charge is 2.19. The first-order chi connectivity index (χ1) is 14.1. The molecule has 0 aliphatic carbocycles. The molecule has 0 fully saturated rings. The van der Waals surface area contributed by atoms with Gasteiger partial charge in [0.05, 0.1) is 12.5 Å². The third-order valence-corrected chi connectivity index (χ3v) is 4.91. The van der Waals surface area contributed by atoms with E-state index in [-0.39, 0.29) is 24.2 Å². The number of benzene rings is 3. The Kier molecular flexibility index (Phi) is 7.17. The van der Waals surface area contributed by atoms with Crippen LogP contribution in [0.1, 0.15) is 46.8 Å². The van der Waals surface area contributed by atoms with E-state index in [9.17, 15) is 9.59 Å². The fourth-order valence-corrected chi connectivity index (χ4v) is 3.19. The maximum atomic E-state index is 12.6. The number of carbonyl (C=O) groups excluding carboxylic acids is 2. The first-order valence-corrected chi connectivity index (χ1v) is 9.86. The van der Waals surface area contributed by atoms with Gasteiger partial charge in [0.1, 0.15) is 0 Å². The fraction of sp³-hybridized carbons (Fsp3) is 0.200. The van der Waals surface area contributed by atoms with Crippen LogP contribution in [0.2, 0.25) is 0 Å². The molecule has 4 heteroatoms. The first kappa shape index (κ1) is 20.3. The molecule has 3 rings (SSSR count). The van der Waals surface area contributed by atoms with Crippen molar-refractivity contribution in [3.05, 3.63) is 108 Å². The van der Waals surface area contributed by atoms with Gasteiger partial charge in [-0.2, -0.15) is 0 Å². The van der Waals surface area contributed by atoms with Gasteiger partial charge in [0.25, 0.3) is 5.91 Å². The van der Waals surface area contributed by atoms with Gasteiger partial charge in [-0.15, -0.1) is 0 Å². The Labute approximate surface area is 172 Å². The standard InChI is InChI=1S/C25H26N2O2/c1-19(20-11-5-2-6-12-20)18-26-24(28)17-23(21-13-7-3-8-14-21)27-25(29)22-15-9-4-10-16-22/h2-16,19,23H,17-18H2,1H3,(H,26,28)(H,27,29)/t19-,23-/m1/s1. The topological polar surface area (TPSA) is 58.2 Å². The molecular formula is C25H26N2O2. The number of hydrogen-bond donors (Lipinski definition) is 2. The monoisotopic (exact) mass is 386 g/mol. The summed E-state index contributed by atoms with van der Waals surface area (Å²) in [6.45, 7) is 2.64. The SMILES string of the molecule is C[C@H](CNC(=O)C[C@@H](NC(=O)c1ccccc1)c1ccccc1)c1ccccc1. The van der Waals surface area contributed by atoms with Crippen molar-refractivity contribution in [3.8, 4) is 0 Å². The van der Waals surface area contributed by atoms with E-state index in [0.29, 0.717) is 12.1 Å². The smallest absolute Gasteiger partial charge is 0.251 e. The maximum Gasteiger partial charge on any atom is 0.251 e. The van der Waals surface area contributed by atoms with Gasteiger partial charge in [-0.05, 0) is 29.2 Å². The average Bonchev–Trinajstić information content (AvgIpc) is 2.78. The average molecular weight is 386 g/mol. The second-order valence-corrected chi connectivity index (χ2v) is 7.12. The Morgan fingerprint density at radius 1 is 0.759 bits per heavy atom. The summed E-state index contributed by atoms with van der Waals surface area (Å²) in [5, 5.41) is 6.00. The van der Waals surface area contributed by atoms with Crippen LogP contribution in [0.3, 0.4) is 0 Å². The number of carbonyl (C=O) groups is 2. The molecule has 0 saturated carbocycles. The predicted octanol–water partition coefficient (Wildman–Crippen LogP) is 4.47. The predicted molar refractivity (Wildman–Crippen MR) is 116 cm³/mol. The molecule has 2 atom stereocenters. The van der Waals surface area contributed by atoms with Crippen molar-refractivity contribution in [3.63, 3.8) is 0 Å².